The van der Waals surface area contributed by atoms with Crippen LogP contribution in [0.3, 0.4) is 0 Å². The molecule has 0 aliphatic heterocycles. The van der Waals surface area contributed by atoms with Gasteiger partial charge in [0.15, 0.2) is 0 Å². The number of benzene rings is 1. The van der Waals surface area contributed by atoms with Crippen molar-refractivity contribution in [3.8, 4) is 0 Å². The molecular weight excluding hydrogens is 361 g/mol. The second-order valence-electron chi connectivity index (χ2n) is 5.43. The number of ether oxygens (including phenoxy) is 1. The van der Waals surface area contributed by atoms with Gasteiger partial charge in [0, 0.05) is 19.5 Å². The van der Waals surface area contributed by atoms with Gasteiger partial charge in [-0.3, -0.25) is 4.79 Å². The highest BCUT2D eigenvalue weighted by Crippen LogP contribution is 2.16. The molecule has 10 heteroatoms. The number of nitrogens with one attached hydrogen (secondary N) is 2. The fourth-order valence-electron chi connectivity index (χ4n) is 1.91. The second-order valence-corrected chi connectivity index (χ2v) is 7.17. The van der Waals surface area contributed by atoms with Crippen molar-refractivity contribution in [1.82, 2.24) is 10.0 Å². The Labute approximate surface area is 144 Å². The molecule has 25 heavy (non-hydrogen) atoms. The molecule has 0 radical (unpaired) electrons. The van der Waals surface area contributed by atoms with Crippen LogP contribution in [0.15, 0.2) is 23.1 Å². The van der Waals surface area contributed by atoms with E-state index >= 15 is 0 Å². The third-order valence-electron chi connectivity index (χ3n) is 3.11. The highest BCUT2D eigenvalue weighted by atomic mass is 32.2. The quantitative estimate of drug-likeness (QED) is 0.637. The lowest BCUT2D eigenvalue weighted by Gasteiger charge is -2.11. The van der Waals surface area contributed by atoms with Gasteiger partial charge in [-0.25, -0.2) is 13.1 Å². The van der Waals surface area contributed by atoms with Crippen molar-refractivity contribution >= 4 is 15.9 Å². The van der Waals surface area contributed by atoms with Gasteiger partial charge in [0.05, 0.1) is 11.5 Å². The van der Waals surface area contributed by atoms with Gasteiger partial charge < -0.3 is 10.1 Å². The highest BCUT2D eigenvalue weighted by molar-refractivity contribution is 7.89. The molecule has 1 aromatic rings. The number of hydrogen-bond donors (Lipinski definition) is 2. The fraction of sp³-hybridized carbons (Fsp3) is 0.533. The van der Waals surface area contributed by atoms with Gasteiger partial charge in [-0.15, -0.1) is 0 Å². The Morgan fingerprint density at radius 3 is 2.52 bits per heavy atom. The summed E-state index contributed by atoms with van der Waals surface area (Å²) in [6.45, 7) is 1.58. The van der Waals surface area contributed by atoms with E-state index in [0.29, 0.717) is 5.56 Å². The average molecular weight is 382 g/mol. The van der Waals surface area contributed by atoms with Crippen LogP contribution in [0.2, 0.25) is 0 Å². The van der Waals surface area contributed by atoms with Crippen molar-refractivity contribution in [2.75, 3.05) is 26.3 Å². The number of aryl methyl sites for hydroxylation is 2. The predicted molar refractivity (Wildman–Crippen MR) is 85.6 cm³/mol. The minimum atomic E-state index is -4.41. The van der Waals surface area contributed by atoms with Crippen LogP contribution in [0.5, 0.6) is 0 Å². The molecule has 0 atom stereocenters. The van der Waals surface area contributed by atoms with Gasteiger partial charge in [-0.05, 0) is 31.0 Å². The topological polar surface area (TPSA) is 84.5 Å². The summed E-state index contributed by atoms with van der Waals surface area (Å²) in [4.78, 5) is 11.7. The first-order valence-electron chi connectivity index (χ1n) is 7.49. The van der Waals surface area contributed by atoms with E-state index in [9.17, 15) is 26.4 Å². The lowest BCUT2D eigenvalue weighted by Crippen LogP contribution is -2.33. The number of alkyl halides is 3. The summed E-state index contributed by atoms with van der Waals surface area (Å²) in [6.07, 6.45) is -4.54. The van der Waals surface area contributed by atoms with E-state index in [0.717, 1.165) is 5.56 Å². The third-order valence-corrected chi connectivity index (χ3v) is 4.71. The molecule has 0 saturated carbocycles. The molecule has 142 valence electrons. The van der Waals surface area contributed by atoms with Gasteiger partial charge >= 0.3 is 6.18 Å². The summed E-state index contributed by atoms with van der Waals surface area (Å²) < 4.78 is 66.6. The maximum absolute atomic E-state index is 12.2. The minimum Gasteiger partial charge on any atom is -0.370 e. The zero-order valence-electron chi connectivity index (χ0n) is 13.9. The number of carbonyl (C=O) groups excluding carboxylic acids is 1. The van der Waals surface area contributed by atoms with Gasteiger partial charge in [0.1, 0.15) is 6.61 Å². The molecule has 0 bridgehead atoms. The summed E-state index contributed by atoms with van der Waals surface area (Å²) >= 11 is 0. The number of amides is 1. The molecule has 6 nitrogen and oxygen atoms in total. The average Bonchev–Trinajstić information content (AvgIpc) is 2.48. The molecular formula is C15H21F3N2O4S. The van der Waals surface area contributed by atoms with Crippen molar-refractivity contribution in [3.05, 3.63) is 29.3 Å². The number of sulfonamides is 1. The van der Waals surface area contributed by atoms with Crippen LogP contribution >= 0.6 is 0 Å². The van der Waals surface area contributed by atoms with E-state index in [1.165, 1.54) is 6.07 Å². The minimum absolute atomic E-state index is 0.0847. The standard InChI is InChI=1S/C15H21F3N2O4S/c1-11-3-4-12(2)13(9-11)25(22,23)20-6-5-14(21)19-7-8-24-10-15(16,17)18/h3-4,9,20H,5-8,10H2,1-2H3,(H,19,21). The first kappa shape index (κ1) is 21.4. The molecule has 0 fully saturated rings. The van der Waals surface area contributed by atoms with Gasteiger partial charge in [0.25, 0.3) is 0 Å². The lowest BCUT2D eigenvalue weighted by atomic mass is 10.2. The lowest BCUT2D eigenvalue weighted by molar-refractivity contribution is -0.173. The number of hydrogen-bond acceptors (Lipinski definition) is 4. The Balaban J connectivity index is 2.34. The molecule has 0 spiro atoms. The maximum Gasteiger partial charge on any atom is 0.411 e. The summed E-state index contributed by atoms with van der Waals surface area (Å²) in [5.74, 6) is -0.487. The van der Waals surface area contributed by atoms with E-state index in [4.69, 9.17) is 0 Å². The molecule has 0 aromatic heterocycles. The van der Waals surface area contributed by atoms with Crippen molar-refractivity contribution < 1.29 is 31.1 Å². The van der Waals surface area contributed by atoms with Crippen LogP contribution in [0, 0.1) is 13.8 Å². The Bertz CT molecular complexity index is 691. The van der Waals surface area contributed by atoms with Crippen molar-refractivity contribution in [2.24, 2.45) is 0 Å². The molecule has 0 saturated heterocycles. The van der Waals surface area contributed by atoms with Crippen molar-refractivity contribution in [2.45, 2.75) is 31.3 Å². The van der Waals surface area contributed by atoms with Crippen molar-refractivity contribution in [3.63, 3.8) is 0 Å². The monoisotopic (exact) mass is 382 g/mol. The van der Waals surface area contributed by atoms with Crippen LogP contribution in [0.25, 0.3) is 0 Å². The Kier molecular flexibility index (Phi) is 7.84. The molecule has 0 aliphatic carbocycles. The number of carbonyl (C=O) groups is 1. The van der Waals surface area contributed by atoms with E-state index in [2.05, 4.69) is 14.8 Å². The highest BCUT2D eigenvalue weighted by Gasteiger charge is 2.27. The third kappa shape index (κ3) is 8.32. The molecule has 0 unspecified atom stereocenters. The Morgan fingerprint density at radius 1 is 1.20 bits per heavy atom. The Hall–Kier alpha value is -1.65. The maximum atomic E-state index is 12.2. The normalized spacial score (nSPS) is 12.2. The van der Waals surface area contributed by atoms with Gasteiger partial charge in [-0.1, -0.05) is 12.1 Å². The van der Waals surface area contributed by atoms with E-state index < -0.39 is 28.7 Å². The van der Waals surface area contributed by atoms with Crippen LogP contribution < -0.4 is 10.0 Å². The van der Waals surface area contributed by atoms with Crippen LogP contribution in [0.4, 0.5) is 13.2 Å². The second kappa shape index (κ2) is 9.16. The molecule has 1 aromatic carbocycles. The zero-order valence-corrected chi connectivity index (χ0v) is 14.8. The molecule has 0 heterocycles. The van der Waals surface area contributed by atoms with E-state index in [-0.39, 0.29) is 31.0 Å². The Morgan fingerprint density at radius 2 is 1.88 bits per heavy atom. The predicted octanol–water partition coefficient (Wildman–Crippen LogP) is 1.67. The summed E-state index contributed by atoms with van der Waals surface area (Å²) in [5, 5.41) is 2.35. The fourth-order valence-corrected chi connectivity index (χ4v) is 3.27. The summed E-state index contributed by atoms with van der Waals surface area (Å²) in [7, 11) is -3.73. The molecule has 1 rings (SSSR count). The number of rotatable bonds is 9. The molecule has 0 aliphatic rings. The van der Waals surface area contributed by atoms with Crippen LogP contribution in [0.1, 0.15) is 17.5 Å². The largest absolute Gasteiger partial charge is 0.411 e. The van der Waals surface area contributed by atoms with Gasteiger partial charge in [0.2, 0.25) is 15.9 Å². The SMILES string of the molecule is Cc1ccc(C)c(S(=O)(=O)NCCC(=O)NCCOCC(F)(F)F)c1. The smallest absolute Gasteiger partial charge is 0.370 e. The van der Waals surface area contributed by atoms with Crippen molar-refractivity contribution in [1.29, 1.82) is 0 Å². The number of halogens is 3. The first-order valence-corrected chi connectivity index (χ1v) is 8.98. The van der Waals surface area contributed by atoms with E-state index in [1.807, 2.05) is 0 Å². The van der Waals surface area contributed by atoms with Crippen LogP contribution in [-0.4, -0.2) is 46.8 Å². The zero-order chi connectivity index (χ0) is 19.1. The molecule has 2 N–H and O–H groups in total. The van der Waals surface area contributed by atoms with Crippen LogP contribution in [-0.2, 0) is 19.6 Å². The summed E-state index contributed by atoms with van der Waals surface area (Å²) in [6, 6.07) is 5.02. The van der Waals surface area contributed by atoms with E-state index in [1.54, 1.807) is 26.0 Å². The first-order chi connectivity index (χ1) is 11.5. The molecule has 1 amide bonds. The summed E-state index contributed by atoms with van der Waals surface area (Å²) in [5.41, 5.74) is 1.38. The van der Waals surface area contributed by atoms with Gasteiger partial charge in [-0.2, -0.15) is 13.2 Å².